The highest BCUT2D eigenvalue weighted by atomic mass is 16.5. The molecule has 0 heterocycles. The number of rotatable bonds is 14. The van der Waals surface area contributed by atoms with Crippen LogP contribution >= 0.6 is 0 Å². The minimum Gasteiger partial charge on any atom is -0.379 e. The van der Waals surface area contributed by atoms with Gasteiger partial charge in [-0.1, -0.05) is 27.2 Å². The van der Waals surface area contributed by atoms with E-state index in [1.54, 1.807) is 0 Å². The maximum atomic E-state index is 5.75. The third-order valence-corrected chi connectivity index (χ3v) is 3.58. The van der Waals surface area contributed by atoms with Crippen LogP contribution in [0.5, 0.6) is 0 Å². The summed E-state index contributed by atoms with van der Waals surface area (Å²) < 4.78 is 16.4. The van der Waals surface area contributed by atoms with E-state index >= 15 is 0 Å². The number of nitrogens with two attached hydrogens (primary N) is 1. The lowest BCUT2D eigenvalue weighted by Gasteiger charge is -2.25. The highest BCUT2D eigenvalue weighted by Gasteiger charge is 2.19. The van der Waals surface area contributed by atoms with Gasteiger partial charge in [0.1, 0.15) is 0 Å². The Bertz CT molecular complexity index is 184. The fraction of sp³-hybridized carbons (Fsp3) is 1.00. The van der Waals surface area contributed by atoms with E-state index in [4.69, 9.17) is 19.9 Å². The second-order valence-electron chi connectivity index (χ2n) is 5.31. The van der Waals surface area contributed by atoms with Gasteiger partial charge in [-0.25, -0.2) is 0 Å². The van der Waals surface area contributed by atoms with Gasteiger partial charge in [-0.3, -0.25) is 0 Å². The van der Waals surface area contributed by atoms with E-state index in [1.165, 1.54) is 6.42 Å². The van der Waals surface area contributed by atoms with E-state index in [-0.39, 0.29) is 5.41 Å². The van der Waals surface area contributed by atoms with Crippen LogP contribution < -0.4 is 5.73 Å². The van der Waals surface area contributed by atoms with Crippen molar-refractivity contribution in [1.82, 2.24) is 0 Å². The molecule has 0 aliphatic carbocycles. The molecule has 0 fully saturated rings. The van der Waals surface area contributed by atoms with Crippen molar-refractivity contribution in [2.75, 3.05) is 46.2 Å². The topological polar surface area (TPSA) is 53.7 Å². The van der Waals surface area contributed by atoms with Crippen LogP contribution in [0.15, 0.2) is 0 Å². The standard InChI is InChI=1S/C15H33NO3/c1-4-6-8-17-10-12-19-13-11-18-9-7-15(3,5-2)14-16/h4-14,16H2,1-3H3. The van der Waals surface area contributed by atoms with E-state index in [0.29, 0.717) is 26.4 Å². The second-order valence-corrected chi connectivity index (χ2v) is 5.31. The minimum atomic E-state index is 0.216. The predicted molar refractivity (Wildman–Crippen MR) is 79.4 cm³/mol. The Labute approximate surface area is 119 Å². The summed E-state index contributed by atoms with van der Waals surface area (Å²) in [5.41, 5.74) is 5.97. The quantitative estimate of drug-likeness (QED) is 0.495. The van der Waals surface area contributed by atoms with Crippen LogP contribution in [0.4, 0.5) is 0 Å². The van der Waals surface area contributed by atoms with Crippen molar-refractivity contribution in [3.8, 4) is 0 Å². The summed E-state index contributed by atoms with van der Waals surface area (Å²) in [6.45, 7) is 11.5. The van der Waals surface area contributed by atoms with E-state index in [0.717, 1.165) is 39.0 Å². The molecule has 0 aromatic heterocycles. The third kappa shape index (κ3) is 11.4. The molecular weight excluding hydrogens is 242 g/mol. The van der Waals surface area contributed by atoms with Crippen LogP contribution in [0.1, 0.15) is 46.5 Å². The summed E-state index contributed by atoms with van der Waals surface area (Å²) >= 11 is 0. The Hall–Kier alpha value is -0.160. The largest absolute Gasteiger partial charge is 0.379 e. The summed E-state index contributed by atoms with van der Waals surface area (Å²) in [6.07, 6.45) is 4.41. The normalized spacial score (nSPS) is 14.5. The van der Waals surface area contributed by atoms with Crippen molar-refractivity contribution in [2.45, 2.75) is 46.5 Å². The molecule has 1 unspecified atom stereocenters. The first-order valence-corrected chi connectivity index (χ1v) is 7.62. The first-order valence-electron chi connectivity index (χ1n) is 7.62. The van der Waals surface area contributed by atoms with Crippen LogP contribution in [0, 0.1) is 5.41 Å². The molecule has 116 valence electrons. The van der Waals surface area contributed by atoms with Gasteiger partial charge < -0.3 is 19.9 Å². The number of ether oxygens (including phenoxy) is 3. The zero-order valence-electron chi connectivity index (χ0n) is 13.1. The van der Waals surface area contributed by atoms with Gasteiger partial charge in [0.05, 0.1) is 26.4 Å². The molecule has 4 heteroatoms. The van der Waals surface area contributed by atoms with E-state index in [2.05, 4.69) is 20.8 Å². The molecule has 0 spiro atoms. The van der Waals surface area contributed by atoms with Crippen LogP contribution in [0.3, 0.4) is 0 Å². The van der Waals surface area contributed by atoms with Crippen LogP contribution in [-0.2, 0) is 14.2 Å². The van der Waals surface area contributed by atoms with Gasteiger partial charge in [0.15, 0.2) is 0 Å². The summed E-state index contributed by atoms with van der Waals surface area (Å²) in [7, 11) is 0. The Morgan fingerprint density at radius 1 is 0.842 bits per heavy atom. The Kier molecular flexibility index (Phi) is 12.7. The second kappa shape index (κ2) is 12.9. The average molecular weight is 275 g/mol. The van der Waals surface area contributed by atoms with Crippen molar-refractivity contribution in [3.63, 3.8) is 0 Å². The van der Waals surface area contributed by atoms with Gasteiger partial charge in [0.2, 0.25) is 0 Å². The molecule has 2 N–H and O–H groups in total. The van der Waals surface area contributed by atoms with Crippen LogP contribution in [0.2, 0.25) is 0 Å². The lowest BCUT2D eigenvalue weighted by Crippen LogP contribution is -2.28. The first kappa shape index (κ1) is 18.8. The van der Waals surface area contributed by atoms with Crippen LogP contribution in [0.25, 0.3) is 0 Å². The third-order valence-electron chi connectivity index (χ3n) is 3.58. The molecule has 19 heavy (non-hydrogen) atoms. The zero-order valence-corrected chi connectivity index (χ0v) is 13.1. The highest BCUT2D eigenvalue weighted by Crippen LogP contribution is 2.23. The van der Waals surface area contributed by atoms with Crippen molar-refractivity contribution in [2.24, 2.45) is 11.1 Å². The van der Waals surface area contributed by atoms with Crippen molar-refractivity contribution < 1.29 is 14.2 Å². The molecule has 0 bridgehead atoms. The van der Waals surface area contributed by atoms with Crippen molar-refractivity contribution >= 4 is 0 Å². The lowest BCUT2D eigenvalue weighted by molar-refractivity contribution is 0.00876. The maximum Gasteiger partial charge on any atom is 0.0701 e. The summed E-state index contributed by atoms with van der Waals surface area (Å²) in [5.74, 6) is 0. The fourth-order valence-corrected chi connectivity index (χ4v) is 1.53. The maximum absolute atomic E-state index is 5.75. The van der Waals surface area contributed by atoms with Gasteiger partial charge in [-0.2, -0.15) is 0 Å². The summed E-state index contributed by atoms with van der Waals surface area (Å²) in [5, 5.41) is 0. The molecule has 0 aromatic rings. The number of hydrogen-bond donors (Lipinski definition) is 1. The monoisotopic (exact) mass is 275 g/mol. The molecule has 0 aliphatic heterocycles. The minimum absolute atomic E-state index is 0.216. The molecule has 0 saturated heterocycles. The Morgan fingerprint density at radius 3 is 1.84 bits per heavy atom. The molecule has 0 aromatic carbocycles. The summed E-state index contributed by atoms with van der Waals surface area (Å²) in [4.78, 5) is 0. The van der Waals surface area contributed by atoms with Crippen LogP contribution in [-0.4, -0.2) is 46.2 Å². The van der Waals surface area contributed by atoms with Gasteiger partial charge in [-0.05, 0) is 31.2 Å². The van der Waals surface area contributed by atoms with Gasteiger partial charge in [0, 0.05) is 13.2 Å². The summed E-state index contributed by atoms with van der Waals surface area (Å²) in [6, 6.07) is 0. The zero-order chi connectivity index (χ0) is 14.4. The van der Waals surface area contributed by atoms with Gasteiger partial charge in [0.25, 0.3) is 0 Å². The Morgan fingerprint density at radius 2 is 1.37 bits per heavy atom. The smallest absolute Gasteiger partial charge is 0.0701 e. The molecule has 0 rings (SSSR count). The lowest BCUT2D eigenvalue weighted by atomic mass is 9.84. The molecule has 4 nitrogen and oxygen atoms in total. The number of hydrogen-bond acceptors (Lipinski definition) is 4. The van der Waals surface area contributed by atoms with E-state index in [9.17, 15) is 0 Å². The fourth-order valence-electron chi connectivity index (χ4n) is 1.53. The molecule has 0 saturated carbocycles. The van der Waals surface area contributed by atoms with Crippen molar-refractivity contribution in [1.29, 1.82) is 0 Å². The average Bonchev–Trinajstić information content (AvgIpc) is 2.44. The SMILES string of the molecule is CCCCOCCOCCOCCC(C)(CC)CN. The van der Waals surface area contributed by atoms with Gasteiger partial charge in [-0.15, -0.1) is 0 Å². The number of unbranched alkanes of at least 4 members (excludes halogenated alkanes) is 1. The molecule has 0 aliphatic rings. The highest BCUT2D eigenvalue weighted by molar-refractivity contribution is 4.72. The first-order chi connectivity index (χ1) is 9.18. The predicted octanol–water partition coefficient (Wildman–Crippen LogP) is 2.60. The van der Waals surface area contributed by atoms with Gasteiger partial charge >= 0.3 is 0 Å². The molecular formula is C15H33NO3. The van der Waals surface area contributed by atoms with Crippen molar-refractivity contribution in [3.05, 3.63) is 0 Å². The molecule has 1 atom stereocenters. The van der Waals surface area contributed by atoms with E-state index in [1.807, 2.05) is 0 Å². The Balaban J connectivity index is 3.19. The van der Waals surface area contributed by atoms with E-state index < -0.39 is 0 Å². The molecule has 0 radical (unpaired) electrons. The molecule has 0 amide bonds.